The fourth-order valence-electron chi connectivity index (χ4n) is 1.70. The molecule has 2 heterocycles. The Labute approximate surface area is 105 Å². The molecular weight excluding hydrogens is 242 g/mol. The van der Waals surface area contributed by atoms with Gasteiger partial charge in [0.25, 0.3) is 0 Å². The third-order valence-corrected chi connectivity index (χ3v) is 2.58. The predicted octanol–water partition coefficient (Wildman–Crippen LogP) is 2.00. The standard InChI is InChI=1S/C11H16ClN3O2/c1-7-14-9(12)4-10(15-7)13-5-8-6-16-11(2,3)17-8/h4,8H,5-6H2,1-3H3,(H,13,14,15). The van der Waals surface area contributed by atoms with Gasteiger partial charge in [0.15, 0.2) is 5.79 Å². The van der Waals surface area contributed by atoms with Gasteiger partial charge in [0.1, 0.15) is 22.9 Å². The Morgan fingerprint density at radius 1 is 1.53 bits per heavy atom. The molecule has 1 unspecified atom stereocenters. The molecule has 0 saturated carbocycles. The molecule has 1 aliphatic heterocycles. The van der Waals surface area contributed by atoms with Crippen molar-refractivity contribution < 1.29 is 9.47 Å². The fourth-order valence-corrected chi connectivity index (χ4v) is 1.93. The summed E-state index contributed by atoms with van der Waals surface area (Å²) in [4.78, 5) is 8.22. The number of ether oxygens (including phenoxy) is 2. The average molecular weight is 258 g/mol. The van der Waals surface area contributed by atoms with E-state index in [2.05, 4.69) is 15.3 Å². The van der Waals surface area contributed by atoms with Crippen LogP contribution in [0.3, 0.4) is 0 Å². The molecule has 17 heavy (non-hydrogen) atoms. The maximum atomic E-state index is 5.84. The summed E-state index contributed by atoms with van der Waals surface area (Å²) < 4.78 is 11.1. The van der Waals surface area contributed by atoms with Gasteiger partial charge in [-0.25, -0.2) is 9.97 Å². The zero-order chi connectivity index (χ0) is 12.5. The van der Waals surface area contributed by atoms with Gasteiger partial charge in [0, 0.05) is 12.6 Å². The average Bonchev–Trinajstić information content (AvgIpc) is 2.54. The maximum Gasteiger partial charge on any atom is 0.163 e. The van der Waals surface area contributed by atoms with Crippen LogP contribution in [0.5, 0.6) is 0 Å². The molecule has 1 aromatic heterocycles. The lowest BCUT2D eigenvalue weighted by Gasteiger charge is -2.17. The summed E-state index contributed by atoms with van der Waals surface area (Å²) in [5, 5.41) is 3.60. The summed E-state index contributed by atoms with van der Waals surface area (Å²) in [6.07, 6.45) is 0.0269. The Kier molecular flexibility index (Phi) is 3.51. The van der Waals surface area contributed by atoms with Crippen molar-refractivity contribution >= 4 is 17.4 Å². The Hall–Kier alpha value is -0.910. The summed E-state index contributed by atoms with van der Waals surface area (Å²) in [5.41, 5.74) is 0. The fraction of sp³-hybridized carbons (Fsp3) is 0.636. The lowest BCUT2D eigenvalue weighted by atomic mass is 10.3. The minimum absolute atomic E-state index is 0.0269. The molecule has 0 radical (unpaired) electrons. The Morgan fingerprint density at radius 3 is 2.88 bits per heavy atom. The van der Waals surface area contributed by atoms with Gasteiger partial charge in [-0.05, 0) is 20.8 Å². The summed E-state index contributed by atoms with van der Waals surface area (Å²) in [6, 6.07) is 1.69. The number of nitrogens with one attached hydrogen (secondary N) is 1. The molecule has 0 amide bonds. The van der Waals surface area contributed by atoms with Gasteiger partial charge in [0.2, 0.25) is 0 Å². The lowest BCUT2D eigenvalue weighted by Crippen LogP contribution is -2.26. The molecule has 1 fully saturated rings. The maximum absolute atomic E-state index is 5.84. The first-order valence-electron chi connectivity index (χ1n) is 5.51. The minimum atomic E-state index is -0.494. The molecule has 1 aromatic rings. The van der Waals surface area contributed by atoms with Crippen molar-refractivity contribution in [3.8, 4) is 0 Å². The van der Waals surface area contributed by atoms with E-state index in [0.29, 0.717) is 29.9 Å². The Balaban J connectivity index is 1.90. The molecule has 0 spiro atoms. The quantitative estimate of drug-likeness (QED) is 0.840. The highest BCUT2D eigenvalue weighted by Crippen LogP contribution is 2.22. The first kappa shape index (κ1) is 12.5. The van der Waals surface area contributed by atoms with E-state index in [0.717, 1.165) is 0 Å². The molecule has 1 saturated heterocycles. The molecule has 6 heteroatoms. The number of hydrogen-bond donors (Lipinski definition) is 1. The molecule has 5 nitrogen and oxygen atoms in total. The number of hydrogen-bond acceptors (Lipinski definition) is 5. The molecule has 2 rings (SSSR count). The molecule has 1 N–H and O–H groups in total. The minimum Gasteiger partial charge on any atom is -0.367 e. The van der Waals surface area contributed by atoms with E-state index in [1.54, 1.807) is 13.0 Å². The van der Waals surface area contributed by atoms with Crippen LogP contribution in [0.15, 0.2) is 6.07 Å². The number of rotatable bonds is 3. The third kappa shape index (κ3) is 3.52. The summed E-state index contributed by atoms with van der Waals surface area (Å²) >= 11 is 5.84. The van der Waals surface area contributed by atoms with Crippen molar-refractivity contribution in [2.24, 2.45) is 0 Å². The van der Waals surface area contributed by atoms with Crippen LogP contribution in [0.1, 0.15) is 19.7 Å². The third-order valence-electron chi connectivity index (χ3n) is 2.38. The van der Waals surface area contributed by atoms with Crippen LogP contribution in [-0.2, 0) is 9.47 Å². The van der Waals surface area contributed by atoms with E-state index >= 15 is 0 Å². The zero-order valence-corrected chi connectivity index (χ0v) is 10.9. The number of aryl methyl sites for hydroxylation is 1. The normalized spacial score (nSPS) is 22.7. The van der Waals surface area contributed by atoms with Crippen LogP contribution in [0.25, 0.3) is 0 Å². The highest BCUT2D eigenvalue weighted by Gasteiger charge is 2.32. The smallest absolute Gasteiger partial charge is 0.163 e. The van der Waals surface area contributed by atoms with Gasteiger partial charge in [-0.15, -0.1) is 0 Å². The van der Waals surface area contributed by atoms with Crippen LogP contribution in [0, 0.1) is 6.92 Å². The number of halogens is 1. The molecule has 0 aromatic carbocycles. The number of nitrogens with zero attached hydrogens (tertiary/aromatic N) is 2. The van der Waals surface area contributed by atoms with Gasteiger partial charge < -0.3 is 14.8 Å². The van der Waals surface area contributed by atoms with Gasteiger partial charge in [0.05, 0.1) is 6.61 Å². The van der Waals surface area contributed by atoms with E-state index in [-0.39, 0.29) is 6.10 Å². The first-order valence-corrected chi connectivity index (χ1v) is 5.89. The van der Waals surface area contributed by atoms with Crippen molar-refractivity contribution in [2.45, 2.75) is 32.7 Å². The largest absolute Gasteiger partial charge is 0.367 e. The van der Waals surface area contributed by atoms with E-state index in [1.165, 1.54) is 0 Å². The first-order chi connectivity index (χ1) is 7.94. The summed E-state index contributed by atoms with van der Waals surface area (Å²) in [7, 11) is 0. The van der Waals surface area contributed by atoms with Crippen LogP contribution in [0.2, 0.25) is 5.15 Å². The SMILES string of the molecule is Cc1nc(Cl)cc(NCC2COC(C)(C)O2)n1. The van der Waals surface area contributed by atoms with Crippen LogP contribution in [-0.4, -0.2) is 35.0 Å². The van der Waals surface area contributed by atoms with Crippen molar-refractivity contribution in [2.75, 3.05) is 18.5 Å². The Morgan fingerprint density at radius 2 is 2.29 bits per heavy atom. The van der Waals surface area contributed by atoms with Gasteiger partial charge in [-0.2, -0.15) is 0 Å². The Bertz CT molecular complexity index is 391. The second kappa shape index (κ2) is 4.76. The van der Waals surface area contributed by atoms with Crippen molar-refractivity contribution in [3.63, 3.8) is 0 Å². The molecule has 94 valence electrons. The molecule has 0 aliphatic carbocycles. The van der Waals surface area contributed by atoms with Crippen molar-refractivity contribution in [1.82, 2.24) is 9.97 Å². The monoisotopic (exact) mass is 257 g/mol. The summed E-state index contributed by atoms with van der Waals surface area (Å²) in [5.74, 6) is 0.853. The molecule has 0 bridgehead atoms. The van der Waals surface area contributed by atoms with Crippen LogP contribution < -0.4 is 5.32 Å². The second-order valence-corrected chi connectivity index (χ2v) is 4.84. The van der Waals surface area contributed by atoms with E-state index in [9.17, 15) is 0 Å². The molecule has 1 aliphatic rings. The van der Waals surface area contributed by atoms with Crippen molar-refractivity contribution in [1.29, 1.82) is 0 Å². The van der Waals surface area contributed by atoms with Crippen LogP contribution >= 0.6 is 11.6 Å². The molecular formula is C11H16ClN3O2. The zero-order valence-electron chi connectivity index (χ0n) is 10.2. The summed E-state index contributed by atoms with van der Waals surface area (Å²) in [6.45, 7) is 6.82. The number of anilines is 1. The van der Waals surface area contributed by atoms with Gasteiger partial charge in [-0.3, -0.25) is 0 Å². The molecule has 1 atom stereocenters. The van der Waals surface area contributed by atoms with Gasteiger partial charge in [-0.1, -0.05) is 11.6 Å². The predicted molar refractivity (Wildman–Crippen MR) is 65.2 cm³/mol. The lowest BCUT2D eigenvalue weighted by molar-refractivity contribution is -0.136. The van der Waals surface area contributed by atoms with E-state index in [1.807, 2.05) is 13.8 Å². The van der Waals surface area contributed by atoms with E-state index < -0.39 is 5.79 Å². The number of aromatic nitrogens is 2. The highest BCUT2D eigenvalue weighted by atomic mass is 35.5. The van der Waals surface area contributed by atoms with E-state index in [4.69, 9.17) is 21.1 Å². The van der Waals surface area contributed by atoms with Crippen LogP contribution in [0.4, 0.5) is 5.82 Å². The second-order valence-electron chi connectivity index (χ2n) is 4.45. The van der Waals surface area contributed by atoms with Gasteiger partial charge >= 0.3 is 0 Å². The highest BCUT2D eigenvalue weighted by molar-refractivity contribution is 6.29. The topological polar surface area (TPSA) is 56.3 Å². The van der Waals surface area contributed by atoms with Crippen molar-refractivity contribution in [3.05, 3.63) is 17.0 Å².